The first-order chi connectivity index (χ1) is 8.49. The van der Waals surface area contributed by atoms with Gasteiger partial charge in [0.05, 0.1) is 11.0 Å². The number of hydrogen-bond donors (Lipinski definition) is 2. The molecule has 0 spiro atoms. The highest BCUT2D eigenvalue weighted by Crippen LogP contribution is 2.11. The Bertz CT molecular complexity index is 376. The molecule has 100 valence electrons. The minimum atomic E-state index is -0.413. The number of aliphatic hydroxyl groups is 1. The Morgan fingerprint density at radius 1 is 1.33 bits per heavy atom. The molecule has 0 amide bonds. The second-order valence-electron chi connectivity index (χ2n) is 4.84. The van der Waals surface area contributed by atoms with Crippen molar-refractivity contribution in [2.24, 2.45) is 5.92 Å². The van der Waals surface area contributed by atoms with E-state index in [1.54, 1.807) is 12.1 Å². The number of nitrogens with zero attached hydrogens (tertiary/aromatic N) is 1. The van der Waals surface area contributed by atoms with Crippen LogP contribution in [0, 0.1) is 16.0 Å². The molecule has 0 bridgehead atoms. The van der Waals surface area contributed by atoms with Crippen LogP contribution in [0.15, 0.2) is 24.3 Å². The van der Waals surface area contributed by atoms with Crippen LogP contribution in [-0.4, -0.2) is 22.7 Å². The van der Waals surface area contributed by atoms with Crippen molar-refractivity contribution in [2.75, 3.05) is 6.54 Å². The number of nitrogens with one attached hydrogen (secondary N) is 1. The maximum absolute atomic E-state index is 10.5. The lowest BCUT2D eigenvalue weighted by Gasteiger charge is -2.13. The molecule has 1 unspecified atom stereocenters. The highest BCUT2D eigenvalue weighted by Gasteiger charge is 2.07. The van der Waals surface area contributed by atoms with Crippen LogP contribution in [-0.2, 0) is 6.54 Å². The average molecular weight is 252 g/mol. The molecule has 18 heavy (non-hydrogen) atoms. The van der Waals surface area contributed by atoms with Crippen molar-refractivity contribution in [3.8, 4) is 0 Å². The standard InChI is InChI=1S/C13H20N2O3/c1-10(2)7-13(16)9-14-8-11-3-5-12(6-4-11)15(17)18/h3-6,10,13-14,16H,7-9H2,1-2H3. The van der Waals surface area contributed by atoms with Crippen LogP contribution in [0.3, 0.4) is 0 Å². The summed E-state index contributed by atoms with van der Waals surface area (Å²) < 4.78 is 0. The van der Waals surface area contributed by atoms with Gasteiger partial charge in [-0.05, 0) is 17.9 Å². The highest BCUT2D eigenvalue weighted by molar-refractivity contribution is 5.32. The second kappa shape index (κ2) is 7.08. The molecule has 0 radical (unpaired) electrons. The first kappa shape index (κ1) is 14.6. The molecular weight excluding hydrogens is 232 g/mol. The Morgan fingerprint density at radius 3 is 2.44 bits per heavy atom. The van der Waals surface area contributed by atoms with Crippen LogP contribution in [0.25, 0.3) is 0 Å². The molecule has 0 saturated heterocycles. The molecule has 0 aliphatic rings. The Morgan fingerprint density at radius 2 is 1.94 bits per heavy atom. The van der Waals surface area contributed by atoms with E-state index in [0.717, 1.165) is 12.0 Å². The van der Waals surface area contributed by atoms with Crippen molar-refractivity contribution < 1.29 is 10.0 Å². The fourth-order valence-electron chi connectivity index (χ4n) is 1.75. The summed E-state index contributed by atoms with van der Waals surface area (Å²) in [6.07, 6.45) is 0.427. The van der Waals surface area contributed by atoms with Gasteiger partial charge in [0.25, 0.3) is 5.69 Å². The van der Waals surface area contributed by atoms with Gasteiger partial charge in [-0.1, -0.05) is 26.0 Å². The van der Waals surface area contributed by atoms with Gasteiger partial charge >= 0.3 is 0 Å². The second-order valence-corrected chi connectivity index (χ2v) is 4.84. The maximum atomic E-state index is 10.5. The molecule has 1 aromatic rings. The van der Waals surface area contributed by atoms with Gasteiger partial charge in [-0.25, -0.2) is 0 Å². The van der Waals surface area contributed by atoms with Gasteiger partial charge in [-0.15, -0.1) is 0 Å². The number of hydrogen-bond acceptors (Lipinski definition) is 4. The molecule has 5 nitrogen and oxygen atoms in total. The van der Waals surface area contributed by atoms with Crippen molar-refractivity contribution >= 4 is 5.69 Å². The van der Waals surface area contributed by atoms with Gasteiger partial charge in [0.1, 0.15) is 0 Å². The van der Waals surface area contributed by atoms with Gasteiger partial charge in [0.15, 0.2) is 0 Å². The average Bonchev–Trinajstić information content (AvgIpc) is 2.28. The Hall–Kier alpha value is -1.46. The van der Waals surface area contributed by atoms with E-state index in [2.05, 4.69) is 19.2 Å². The monoisotopic (exact) mass is 252 g/mol. The SMILES string of the molecule is CC(C)CC(O)CNCc1ccc([N+](=O)[O-])cc1. The molecule has 0 aromatic heterocycles. The Labute approximate surface area is 107 Å². The van der Waals surface area contributed by atoms with Crippen molar-refractivity contribution in [1.29, 1.82) is 0 Å². The number of rotatable bonds is 7. The zero-order chi connectivity index (χ0) is 13.5. The van der Waals surface area contributed by atoms with Crippen LogP contribution >= 0.6 is 0 Å². The van der Waals surface area contributed by atoms with Gasteiger partial charge < -0.3 is 10.4 Å². The van der Waals surface area contributed by atoms with E-state index in [0.29, 0.717) is 19.0 Å². The van der Waals surface area contributed by atoms with Crippen LogP contribution in [0.2, 0.25) is 0 Å². The van der Waals surface area contributed by atoms with E-state index < -0.39 is 4.92 Å². The molecule has 5 heteroatoms. The molecule has 1 aromatic carbocycles. The largest absolute Gasteiger partial charge is 0.392 e. The van der Waals surface area contributed by atoms with E-state index in [1.165, 1.54) is 12.1 Å². The minimum Gasteiger partial charge on any atom is -0.392 e. The van der Waals surface area contributed by atoms with Gasteiger partial charge in [-0.2, -0.15) is 0 Å². The van der Waals surface area contributed by atoms with Crippen molar-refractivity contribution in [3.63, 3.8) is 0 Å². The summed E-state index contributed by atoms with van der Waals surface area (Å²) in [4.78, 5) is 10.1. The third-order valence-electron chi connectivity index (χ3n) is 2.60. The zero-order valence-electron chi connectivity index (χ0n) is 10.8. The molecular formula is C13H20N2O3. The molecule has 0 aliphatic heterocycles. The first-order valence-electron chi connectivity index (χ1n) is 6.11. The Balaban J connectivity index is 2.33. The van der Waals surface area contributed by atoms with E-state index in [9.17, 15) is 15.2 Å². The van der Waals surface area contributed by atoms with E-state index >= 15 is 0 Å². The van der Waals surface area contributed by atoms with E-state index in [4.69, 9.17) is 0 Å². The molecule has 0 heterocycles. The first-order valence-corrected chi connectivity index (χ1v) is 6.11. The number of benzene rings is 1. The third-order valence-corrected chi connectivity index (χ3v) is 2.60. The maximum Gasteiger partial charge on any atom is 0.269 e. The number of nitro benzene ring substituents is 1. The highest BCUT2D eigenvalue weighted by atomic mass is 16.6. The van der Waals surface area contributed by atoms with Gasteiger partial charge in [-0.3, -0.25) is 10.1 Å². The lowest BCUT2D eigenvalue weighted by molar-refractivity contribution is -0.384. The molecule has 0 saturated carbocycles. The topological polar surface area (TPSA) is 75.4 Å². The quantitative estimate of drug-likeness (QED) is 0.575. The summed E-state index contributed by atoms with van der Waals surface area (Å²) in [5.41, 5.74) is 1.07. The number of non-ortho nitro benzene ring substituents is 1. The fourth-order valence-corrected chi connectivity index (χ4v) is 1.75. The predicted octanol–water partition coefficient (Wildman–Crippen LogP) is 2.09. The molecule has 1 atom stereocenters. The smallest absolute Gasteiger partial charge is 0.269 e. The summed E-state index contributed by atoms with van der Waals surface area (Å²) in [5, 5.41) is 23.3. The molecule has 1 rings (SSSR count). The molecule has 0 aliphatic carbocycles. The third kappa shape index (κ3) is 5.25. The van der Waals surface area contributed by atoms with E-state index in [1.807, 2.05) is 0 Å². The number of nitro groups is 1. The zero-order valence-corrected chi connectivity index (χ0v) is 10.8. The number of aliphatic hydroxyl groups excluding tert-OH is 1. The lowest BCUT2D eigenvalue weighted by atomic mass is 10.1. The summed E-state index contributed by atoms with van der Waals surface area (Å²) in [6.45, 7) is 5.28. The summed E-state index contributed by atoms with van der Waals surface area (Å²) >= 11 is 0. The van der Waals surface area contributed by atoms with Crippen LogP contribution in [0.5, 0.6) is 0 Å². The summed E-state index contributed by atoms with van der Waals surface area (Å²) in [7, 11) is 0. The van der Waals surface area contributed by atoms with Crippen molar-refractivity contribution in [3.05, 3.63) is 39.9 Å². The van der Waals surface area contributed by atoms with Crippen LogP contribution < -0.4 is 5.32 Å². The van der Waals surface area contributed by atoms with Crippen molar-refractivity contribution in [2.45, 2.75) is 32.9 Å². The van der Waals surface area contributed by atoms with E-state index in [-0.39, 0.29) is 11.8 Å². The lowest BCUT2D eigenvalue weighted by Crippen LogP contribution is -2.27. The van der Waals surface area contributed by atoms with Crippen LogP contribution in [0.1, 0.15) is 25.8 Å². The minimum absolute atomic E-state index is 0.0959. The van der Waals surface area contributed by atoms with Crippen molar-refractivity contribution in [1.82, 2.24) is 5.32 Å². The Kier molecular flexibility index (Phi) is 5.74. The molecule has 0 fully saturated rings. The summed E-state index contributed by atoms with van der Waals surface area (Å²) in [5.74, 6) is 0.473. The summed E-state index contributed by atoms with van der Waals surface area (Å²) in [6, 6.07) is 6.42. The normalized spacial score (nSPS) is 12.7. The van der Waals surface area contributed by atoms with Gasteiger partial charge in [0, 0.05) is 25.2 Å². The van der Waals surface area contributed by atoms with Crippen LogP contribution in [0.4, 0.5) is 5.69 Å². The van der Waals surface area contributed by atoms with Gasteiger partial charge in [0.2, 0.25) is 0 Å². The molecule has 2 N–H and O–H groups in total. The fraction of sp³-hybridized carbons (Fsp3) is 0.538. The predicted molar refractivity (Wildman–Crippen MR) is 70.3 cm³/mol.